The van der Waals surface area contributed by atoms with Crippen LogP contribution in [0.25, 0.3) is 5.69 Å². The lowest BCUT2D eigenvalue weighted by molar-refractivity contribution is 0.211. The minimum absolute atomic E-state index is 0.496. The molecule has 1 aliphatic heterocycles. The number of aromatic nitrogens is 6. The van der Waals surface area contributed by atoms with Crippen molar-refractivity contribution in [3.05, 3.63) is 123 Å². The molecule has 0 spiro atoms. The molecule has 0 radical (unpaired) electrons. The number of fused-ring (bicyclic) bond motifs is 3. The minimum Gasteiger partial charge on any atom is -0.382 e. The van der Waals surface area contributed by atoms with E-state index in [4.69, 9.17) is 28.2 Å². The van der Waals surface area contributed by atoms with Crippen LogP contribution >= 0.6 is 23.2 Å². The molecule has 8 nitrogen and oxygen atoms in total. The second-order valence-electron chi connectivity index (χ2n) is 8.50. The van der Waals surface area contributed by atoms with Gasteiger partial charge in [0.15, 0.2) is 5.82 Å². The number of hydrogen-bond donors (Lipinski definition) is 1. The maximum absolute atomic E-state index is 11.2. The summed E-state index contributed by atoms with van der Waals surface area (Å²) < 4.78 is 3.48. The first-order valence-electron chi connectivity index (χ1n) is 11.2. The number of hydrogen-bond acceptors (Lipinski definition) is 6. The van der Waals surface area contributed by atoms with Gasteiger partial charge in [0.05, 0.1) is 29.6 Å². The molecular weight excluding hydrogens is 497 g/mol. The highest BCUT2D eigenvalue weighted by molar-refractivity contribution is 6.31. The standard InChI is InChI=1S/C26H19Cl2N7O/c1-34-14-29-13-22(34)25(36)17-7-10-21-20(12-17)23(16-3-2-4-19(28)11-16)30-24(26-31-32-33-35(21)26)15-5-8-18(27)9-6-15/h2-14,24-25,36H,1H3. The van der Waals surface area contributed by atoms with Crippen molar-refractivity contribution in [1.29, 1.82) is 0 Å². The summed E-state index contributed by atoms with van der Waals surface area (Å²) in [6.45, 7) is 0. The maximum Gasteiger partial charge on any atom is 0.185 e. The van der Waals surface area contributed by atoms with E-state index >= 15 is 0 Å². The number of imidazole rings is 1. The normalized spacial score (nSPS) is 15.6. The number of tetrazole rings is 1. The zero-order chi connectivity index (χ0) is 24.8. The Hall–Kier alpha value is -3.85. The van der Waals surface area contributed by atoms with E-state index in [2.05, 4.69) is 20.5 Å². The molecule has 0 aliphatic carbocycles. The predicted molar refractivity (Wildman–Crippen MR) is 137 cm³/mol. The van der Waals surface area contributed by atoms with Gasteiger partial charge in [-0.3, -0.25) is 4.99 Å². The highest BCUT2D eigenvalue weighted by atomic mass is 35.5. The monoisotopic (exact) mass is 515 g/mol. The van der Waals surface area contributed by atoms with Crippen LogP contribution in [-0.2, 0) is 7.05 Å². The molecule has 36 heavy (non-hydrogen) atoms. The first-order chi connectivity index (χ1) is 17.5. The van der Waals surface area contributed by atoms with Gasteiger partial charge in [0, 0.05) is 28.2 Å². The Labute approximate surface area is 216 Å². The second-order valence-corrected chi connectivity index (χ2v) is 9.37. The molecule has 178 valence electrons. The first-order valence-corrected chi connectivity index (χ1v) is 11.9. The summed E-state index contributed by atoms with van der Waals surface area (Å²) in [5.74, 6) is 0.565. The van der Waals surface area contributed by atoms with Crippen LogP contribution in [0.15, 0.2) is 84.2 Å². The third kappa shape index (κ3) is 3.89. The number of aliphatic hydroxyl groups excluding tert-OH is 1. The number of halogens is 2. The van der Waals surface area contributed by atoms with E-state index in [1.165, 1.54) is 0 Å². The number of nitrogens with zero attached hydrogens (tertiary/aromatic N) is 7. The zero-order valence-electron chi connectivity index (χ0n) is 19.0. The van der Waals surface area contributed by atoms with Crippen LogP contribution in [0.3, 0.4) is 0 Å². The molecule has 2 atom stereocenters. The van der Waals surface area contributed by atoms with Crippen molar-refractivity contribution < 1.29 is 5.11 Å². The molecule has 2 unspecified atom stereocenters. The molecule has 6 rings (SSSR count). The Morgan fingerprint density at radius 2 is 1.81 bits per heavy atom. The van der Waals surface area contributed by atoms with Crippen LogP contribution < -0.4 is 0 Å². The van der Waals surface area contributed by atoms with Crippen molar-refractivity contribution in [2.75, 3.05) is 0 Å². The van der Waals surface area contributed by atoms with Gasteiger partial charge in [0.2, 0.25) is 0 Å². The second kappa shape index (κ2) is 8.98. The summed E-state index contributed by atoms with van der Waals surface area (Å²) in [5.41, 5.74) is 5.27. The summed E-state index contributed by atoms with van der Waals surface area (Å²) >= 11 is 12.5. The smallest absolute Gasteiger partial charge is 0.185 e. The average Bonchev–Trinajstić information content (AvgIpc) is 3.51. The molecule has 1 N–H and O–H groups in total. The zero-order valence-corrected chi connectivity index (χ0v) is 20.5. The average molecular weight is 516 g/mol. The molecule has 5 aromatic rings. The first kappa shape index (κ1) is 22.6. The summed E-state index contributed by atoms with van der Waals surface area (Å²) in [4.78, 5) is 9.31. The van der Waals surface area contributed by atoms with Gasteiger partial charge in [-0.25, -0.2) is 4.98 Å². The molecule has 0 amide bonds. The van der Waals surface area contributed by atoms with Gasteiger partial charge in [-0.05, 0) is 58.0 Å². The third-order valence-electron chi connectivity index (χ3n) is 6.23. The van der Waals surface area contributed by atoms with Gasteiger partial charge in [-0.1, -0.05) is 53.5 Å². The Kier molecular flexibility index (Phi) is 5.64. The Balaban J connectivity index is 1.60. The molecule has 3 aromatic carbocycles. The van der Waals surface area contributed by atoms with E-state index in [0.717, 1.165) is 22.4 Å². The Morgan fingerprint density at radius 3 is 2.56 bits per heavy atom. The lowest BCUT2D eigenvalue weighted by Crippen LogP contribution is -2.11. The Bertz CT molecular complexity index is 1610. The highest BCUT2D eigenvalue weighted by Gasteiger charge is 2.30. The van der Waals surface area contributed by atoms with Crippen molar-refractivity contribution in [3.63, 3.8) is 0 Å². The van der Waals surface area contributed by atoms with Crippen LogP contribution in [0.2, 0.25) is 10.0 Å². The van der Waals surface area contributed by atoms with Gasteiger partial charge in [0.25, 0.3) is 0 Å². The molecule has 0 saturated heterocycles. The molecule has 0 bridgehead atoms. The largest absolute Gasteiger partial charge is 0.382 e. The quantitative estimate of drug-likeness (QED) is 0.373. The lowest BCUT2D eigenvalue weighted by atomic mass is 9.96. The van der Waals surface area contributed by atoms with Crippen LogP contribution in [0.5, 0.6) is 0 Å². The van der Waals surface area contributed by atoms with Crippen molar-refractivity contribution in [2.24, 2.45) is 12.0 Å². The van der Waals surface area contributed by atoms with Crippen molar-refractivity contribution >= 4 is 28.9 Å². The summed E-state index contributed by atoms with van der Waals surface area (Å²) in [6.07, 6.45) is 2.43. The summed E-state index contributed by atoms with van der Waals surface area (Å²) in [5, 5.41) is 24.9. The lowest BCUT2D eigenvalue weighted by Gasteiger charge is -2.16. The van der Waals surface area contributed by atoms with E-state index in [0.29, 0.717) is 32.8 Å². The third-order valence-corrected chi connectivity index (χ3v) is 6.72. The van der Waals surface area contributed by atoms with Crippen molar-refractivity contribution in [2.45, 2.75) is 12.1 Å². The van der Waals surface area contributed by atoms with Gasteiger partial charge in [0.1, 0.15) is 12.1 Å². The fourth-order valence-corrected chi connectivity index (χ4v) is 4.74. The van der Waals surface area contributed by atoms with Crippen molar-refractivity contribution in [3.8, 4) is 5.69 Å². The van der Waals surface area contributed by atoms with Crippen LogP contribution in [0, 0.1) is 0 Å². The number of benzene rings is 3. The van der Waals surface area contributed by atoms with E-state index in [9.17, 15) is 5.11 Å². The molecule has 0 saturated carbocycles. The molecule has 1 aliphatic rings. The number of aliphatic imine (C=N–C) groups is 1. The fraction of sp³-hybridized carbons (Fsp3) is 0.115. The Morgan fingerprint density at radius 1 is 0.972 bits per heavy atom. The number of aliphatic hydroxyl groups is 1. The molecule has 3 heterocycles. The molecule has 2 aromatic heterocycles. The van der Waals surface area contributed by atoms with Crippen LogP contribution in [-0.4, -0.2) is 40.6 Å². The molecule has 0 fully saturated rings. The molecule has 10 heteroatoms. The molecular formula is C26H19Cl2N7O. The van der Waals surface area contributed by atoms with E-state index in [1.807, 2.05) is 73.8 Å². The van der Waals surface area contributed by atoms with Crippen molar-refractivity contribution in [1.82, 2.24) is 29.8 Å². The minimum atomic E-state index is -0.882. The SMILES string of the molecule is Cn1cncc1C(O)c1ccc2c(c1)C(c1cccc(Cl)c1)=NC(c1ccc(Cl)cc1)c1nnnn1-2. The van der Waals surface area contributed by atoms with Gasteiger partial charge in [-0.15, -0.1) is 5.10 Å². The van der Waals surface area contributed by atoms with E-state index < -0.39 is 12.1 Å². The van der Waals surface area contributed by atoms with Gasteiger partial charge in [-0.2, -0.15) is 4.68 Å². The van der Waals surface area contributed by atoms with Gasteiger partial charge >= 0.3 is 0 Å². The van der Waals surface area contributed by atoms with E-state index in [-0.39, 0.29) is 0 Å². The maximum atomic E-state index is 11.2. The van der Waals surface area contributed by atoms with Crippen LogP contribution in [0.1, 0.15) is 45.9 Å². The van der Waals surface area contributed by atoms with Gasteiger partial charge < -0.3 is 9.67 Å². The number of aryl methyl sites for hydroxylation is 1. The predicted octanol–water partition coefficient (Wildman–Crippen LogP) is 4.72. The fourth-order valence-electron chi connectivity index (χ4n) is 4.43. The topological polar surface area (TPSA) is 94.0 Å². The van der Waals surface area contributed by atoms with Crippen LogP contribution in [0.4, 0.5) is 0 Å². The summed E-state index contributed by atoms with van der Waals surface area (Å²) in [6, 6.07) is 20.2. The highest BCUT2D eigenvalue weighted by Crippen LogP contribution is 2.35. The van der Waals surface area contributed by atoms with E-state index in [1.54, 1.807) is 21.8 Å². The summed E-state index contributed by atoms with van der Waals surface area (Å²) in [7, 11) is 1.85. The number of rotatable bonds is 4.